The van der Waals surface area contributed by atoms with Crippen LogP contribution in [0.4, 0.5) is 10.8 Å². The number of carboxylic acid groups (broad SMARTS) is 1. The van der Waals surface area contributed by atoms with E-state index in [-0.39, 0.29) is 34.3 Å². The Hall–Kier alpha value is -4.06. The SMILES string of the molecule is Cc1cc2cc(NC(=Nc3ncc(C(=O)O)s3)/N=C\C3CCCCN(CC(=O)N4CCCC4)C3=O)ccc2o1. The molecule has 0 aliphatic carbocycles. The second-order valence-electron chi connectivity index (χ2n) is 9.71. The molecule has 2 aliphatic rings. The van der Waals surface area contributed by atoms with Crippen molar-refractivity contribution in [2.75, 3.05) is 31.5 Å². The van der Waals surface area contributed by atoms with Crippen LogP contribution in [0.2, 0.25) is 0 Å². The fourth-order valence-corrected chi connectivity index (χ4v) is 5.43. The maximum Gasteiger partial charge on any atom is 0.347 e. The summed E-state index contributed by atoms with van der Waals surface area (Å²) in [7, 11) is 0. The van der Waals surface area contributed by atoms with Gasteiger partial charge in [0.15, 0.2) is 0 Å². The third-order valence-electron chi connectivity index (χ3n) is 6.79. The third kappa shape index (κ3) is 6.51. The predicted molar refractivity (Wildman–Crippen MR) is 149 cm³/mol. The molecule has 11 nitrogen and oxygen atoms in total. The highest BCUT2D eigenvalue weighted by Crippen LogP contribution is 2.25. The third-order valence-corrected chi connectivity index (χ3v) is 7.66. The van der Waals surface area contributed by atoms with Gasteiger partial charge >= 0.3 is 5.97 Å². The first-order chi connectivity index (χ1) is 18.9. The minimum absolute atomic E-state index is 0.00904. The van der Waals surface area contributed by atoms with E-state index in [2.05, 4.69) is 20.3 Å². The summed E-state index contributed by atoms with van der Waals surface area (Å²) in [4.78, 5) is 54.0. The first kappa shape index (κ1) is 26.5. The van der Waals surface area contributed by atoms with Gasteiger partial charge in [-0.15, -0.1) is 0 Å². The highest BCUT2D eigenvalue weighted by molar-refractivity contribution is 7.17. The molecule has 39 heavy (non-hydrogen) atoms. The maximum absolute atomic E-state index is 13.4. The molecule has 1 atom stereocenters. The Morgan fingerprint density at radius 3 is 2.77 bits per heavy atom. The number of benzene rings is 1. The molecule has 0 bridgehead atoms. The Morgan fingerprint density at radius 1 is 1.21 bits per heavy atom. The number of aryl methyl sites for hydroxylation is 1. The van der Waals surface area contributed by atoms with Crippen molar-refractivity contribution in [1.29, 1.82) is 0 Å². The van der Waals surface area contributed by atoms with Crippen LogP contribution in [0.5, 0.6) is 0 Å². The van der Waals surface area contributed by atoms with E-state index in [4.69, 9.17) is 4.42 Å². The van der Waals surface area contributed by atoms with Crippen molar-refractivity contribution in [3.8, 4) is 0 Å². The number of aromatic nitrogens is 1. The Balaban J connectivity index is 1.37. The maximum atomic E-state index is 13.4. The highest BCUT2D eigenvalue weighted by atomic mass is 32.1. The zero-order valence-electron chi connectivity index (χ0n) is 21.6. The molecule has 2 saturated heterocycles. The van der Waals surface area contributed by atoms with E-state index in [1.807, 2.05) is 36.1 Å². The number of rotatable bonds is 6. The summed E-state index contributed by atoms with van der Waals surface area (Å²) in [6, 6.07) is 7.47. The zero-order chi connectivity index (χ0) is 27.4. The molecule has 1 unspecified atom stereocenters. The second-order valence-corrected chi connectivity index (χ2v) is 10.7. The Labute approximate surface area is 229 Å². The van der Waals surface area contributed by atoms with E-state index in [0.717, 1.165) is 66.8 Å². The van der Waals surface area contributed by atoms with Gasteiger partial charge in [-0.1, -0.05) is 17.8 Å². The molecule has 2 aliphatic heterocycles. The number of carboxylic acids is 1. The van der Waals surface area contributed by atoms with E-state index in [1.165, 1.54) is 6.20 Å². The lowest BCUT2D eigenvalue weighted by Crippen LogP contribution is -2.44. The van der Waals surface area contributed by atoms with Crippen molar-refractivity contribution in [2.24, 2.45) is 15.9 Å². The number of carbonyl (C=O) groups is 3. The Kier molecular flexibility index (Phi) is 8.01. The molecule has 3 aromatic rings. The van der Waals surface area contributed by atoms with Crippen LogP contribution < -0.4 is 5.32 Å². The van der Waals surface area contributed by atoms with E-state index in [9.17, 15) is 19.5 Å². The largest absolute Gasteiger partial charge is 0.477 e. The van der Waals surface area contributed by atoms with Crippen LogP contribution in [0.25, 0.3) is 11.0 Å². The van der Waals surface area contributed by atoms with Crippen LogP contribution in [-0.4, -0.2) is 76.0 Å². The molecule has 2 fully saturated rings. The van der Waals surface area contributed by atoms with Crippen LogP contribution >= 0.6 is 11.3 Å². The molecule has 2 amide bonds. The number of hydrogen-bond acceptors (Lipinski definition) is 7. The molecular weight excluding hydrogens is 520 g/mol. The van der Waals surface area contributed by atoms with Crippen molar-refractivity contribution in [2.45, 2.75) is 39.0 Å². The molecule has 2 aromatic heterocycles. The molecule has 2 N–H and O–H groups in total. The Morgan fingerprint density at radius 2 is 2.00 bits per heavy atom. The number of carbonyl (C=O) groups excluding carboxylic acids is 2. The number of hydrogen-bond donors (Lipinski definition) is 2. The number of aromatic carboxylic acids is 1. The highest BCUT2D eigenvalue weighted by Gasteiger charge is 2.29. The van der Waals surface area contributed by atoms with Crippen molar-refractivity contribution >= 4 is 63.1 Å². The number of nitrogens with zero attached hydrogens (tertiary/aromatic N) is 5. The molecular formula is C27H30N6O5S. The van der Waals surface area contributed by atoms with Gasteiger partial charge in [-0.3, -0.25) is 9.59 Å². The van der Waals surface area contributed by atoms with Crippen LogP contribution in [-0.2, 0) is 9.59 Å². The summed E-state index contributed by atoms with van der Waals surface area (Å²) in [6.45, 7) is 4.01. The summed E-state index contributed by atoms with van der Waals surface area (Å²) in [5.74, 6) is -0.766. The molecule has 4 heterocycles. The summed E-state index contributed by atoms with van der Waals surface area (Å²) < 4.78 is 5.65. The fraction of sp³-hybridized carbons (Fsp3) is 0.407. The van der Waals surface area contributed by atoms with Gasteiger partial charge in [-0.2, -0.15) is 4.99 Å². The summed E-state index contributed by atoms with van der Waals surface area (Å²) in [5, 5.41) is 13.5. The van der Waals surface area contributed by atoms with E-state index >= 15 is 0 Å². The number of fused-ring (bicyclic) bond motifs is 1. The first-order valence-electron chi connectivity index (χ1n) is 13.0. The van der Waals surface area contributed by atoms with E-state index < -0.39 is 11.9 Å². The summed E-state index contributed by atoms with van der Waals surface area (Å²) in [6.07, 6.45) is 7.10. The van der Waals surface area contributed by atoms with Crippen molar-refractivity contribution in [3.05, 3.63) is 41.1 Å². The van der Waals surface area contributed by atoms with Gasteiger partial charge in [0.25, 0.3) is 0 Å². The van der Waals surface area contributed by atoms with Crippen LogP contribution in [0.3, 0.4) is 0 Å². The van der Waals surface area contributed by atoms with Gasteiger partial charge in [0.1, 0.15) is 16.2 Å². The number of guanidine groups is 1. The number of likely N-dealkylation sites (tertiary alicyclic amines) is 2. The number of amides is 2. The van der Waals surface area contributed by atoms with Crippen molar-refractivity contribution in [3.63, 3.8) is 0 Å². The number of furan rings is 1. The minimum atomic E-state index is -1.08. The molecule has 0 spiro atoms. The lowest BCUT2D eigenvalue weighted by Gasteiger charge is -2.25. The van der Waals surface area contributed by atoms with Gasteiger partial charge in [-0.05, 0) is 56.9 Å². The molecule has 204 valence electrons. The lowest BCUT2D eigenvalue weighted by molar-refractivity contribution is -0.140. The second kappa shape index (κ2) is 11.8. The first-order valence-corrected chi connectivity index (χ1v) is 13.8. The molecule has 5 rings (SSSR count). The molecule has 12 heteroatoms. The predicted octanol–water partition coefficient (Wildman–Crippen LogP) is 4.32. The average molecular weight is 551 g/mol. The van der Waals surface area contributed by atoms with Crippen molar-refractivity contribution < 1.29 is 23.9 Å². The standard InChI is InChI=1S/C27H30N6O5S/c1-17-12-19-13-20(7-8-21(19)38-17)30-26(31-27-29-15-22(39-27)25(36)37)28-14-18-6-2-3-11-33(24(18)35)16-23(34)32-9-4-5-10-32/h7-8,12-15,18H,2-6,9-11,16H2,1H3,(H,36,37)(H,29,30,31)/b28-14-. The van der Waals surface area contributed by atoms with E-state index in [0.29, 0.717) is 18.7 Å². The van der Waals surface area contributed by atoms with Gasteiger partial charge in [0.2, 0.25) is 22.9 Å². The lowest BCUT2D eigenvalue weighted by atomic mass is 10.0. The number of thiazole rings is 1. The van der Waals surface area contributed by atoms with Crippen LogP contribution in [0, 0.1) is 12.8 Å². The van der Waals surface area contributed by atoms with E-state index in [1.54, 1.807) is 11.1 Å². The average Bonchev–Trinajstić information content (AvgIpc) is 3.65. The zero-order valence-corrected chi connectivity index (χ0v) is 22.4. The Bertz CT molecular complexity index is 1440. The quantitative estimate of drug-likeness (QED) is 0.344. The van der Waals surface area contributed by atoms with Gasteiger partial charge in [0.05, 0.1) is 18.7 Å². The van der Waals surface area contributed by atoms with Gasteiger partial charge in [-0.25, -0.2) is 14.8 Å². The number of nitrogens with one attached hydrogen (secondary N) is 1. The smallest absolute Gasteiger partial charge is 0.347 e. The number of anilines is 1. The van der Waals surface area contributed by atoms with Crippen molar-refractivity contribution in [1.82, 2.24) is 14.8 Å². The molecule has 0 radical (unpaired) electrons. The van der Waals surface area contributed by atoms with Gasteiger partial charge in [0, 0.05) is 36.9 Å². The van der Waals surface area contributed by atoms with Crippen LogP contribution in [0.1, 0.15) is 47.5 Å². The normalized spacial score (nSPS) is 18.7. The minimum Gasteiger partial charge on any atom is -0.477 e. The topological polar surface area (TPSA) is 141 Å². The van der Waals surface area contributed by atoms with Gasteiger partial charge < -0.3 is 24.6 Å². The monoisotopic (exact) mass is 550 g/mol. The number of aliphatic imine (C=N–C) groups is 2. The molecule has 1 aromatic carbocycles. The molecule has 0 saturated carbocycles. The summed E-state index contributed by atoms with van der Waals surface area (Å²) >= 11 is 0.926. The fourth-order valence-electron chi connectivity index (χ4n) is 4.80. The van der Waals surface area contributed by atoms with Crippen LogP contribution in [0.15, 0.2) is 44.9 Å². The summed E-state index contributed by atoms with van der Waals surface area (Å²) in [5.41, 5.74) is 1.44.